The molecule has 1 atom stereocenters. The maximum absolute atomic E-state index is 13.2. The van der Waals surface area contributed by atoms with Crippen LogP contribution in [0.2, 0.25) is 0 Å². The zero-order valence-corrected chi connectivity index (χ0v) is 23.3. The Balaban J connectivity index is 1.43. The third kappa shape index (κ3) is 6.60. The second-order valence-electron chi connectivity index (χ2n) is 10.6. The van der Waals surface area contributed by atoms with Crippen LogP contribution in [0.3, 0.4) is 0 Å². The average molecular weight is 556 g/mol. The minimum Gasteiger partial charge on any atom is -0.455 e. The van der Waals surface area contributed by atoms with Gasteiger partial charge in [-0.25, -0.2) is 0 Å². The lowest BCUT2D eigenvalue weighted by Crippen LogP contribution is -2.23. The van der Waals surface area contributed by atoms with Crippen molar-refractivity contribution in [3.8, 4) is 11.1 Å². The quantitative estimate of drug-likeness (QED) is 0.182. The molecule has 0 bridgehead atoms. The Kier molecular flexibility index (Phi) is 8.13. The van der Waals surface area contributed by atoms with Crippen molar-refractivity contribution in [3.63, 3.8) is 0 Å². The Hall–Kier alpha value is -4.16. The van der Waals surface area contributed by atoms with E-state index in [9.17, 15) is 18.0 Å². The van der Waals surface area contributed by atoms with Crippen molar-refractivity contribution in [2.24, 2.45) is 0 Å². The number of carbonyl (C=O) groups excluding carboxylic acids is 1. The van der Waals surface area contributed by atoms with E-state index in [1.807, 2.05) is 67.6 Å². The van der Waals surface area contributed by atoms with Crippen LogP contribution in [0.5, 0.6) is 0 Å². The van der Waals surface area contributed by atoms with E-state index in [1.165, 1.54) is 6.07 Å². The van der Waals surface area contributed by atoms with Crippen LogP contribution in [0.15, 0.2) is 101 Å². The SMILES string of the molecule is CC(=O)[C@@H](C)c1cccc(-c2ccc(CN(Cc3ccc(C(F)(F)F)o3)Cc3c(C)ccc4ccccc34)cc2)c1. The molecule has 4 aromatic carbocycles. The maximum Gasteiger partial charge on any atom is 0.449 e. The zero-order chi connectivity index (χ0) is 29.1. The van der Waals surface area contributed by atoms with Crippen molar-refractivity contribution >= 4 is 16.6 Å². The summed E-state index contributed by atoms with van der Waals surface area (Å²) in [4.78, 5) is 14.0. The summed E-state index contributed by atoms with van der Waals surface area (Å²) in [6, 6.07) is 30.9. The summed E-state index contributed by atoms with van der Waals surface area (Å²) in [5.74, 6) is -0.764. The van der Waals surface area contributed by atoms with Gasteiger partial charge >= 0.3 is 6.18 Å². The molecule has 0 amide bonds. The van der Waals surface area contributed by atoms with Gasteiger partial charge in [-0.05, 0) is 70.1 Å². The number of aryl methyl sites for hydroxylation is 1. The van der Waals surface area contributed by atoms with Crippen LogP contribution in [0.4, 0.5) is 13.2 Å². The Morgan fingerprint density at radius 3 is 2.29 bits per heavy atom. The highest BCUT2D eigenvalue weighted by atomic mass is 19.4. The first-order valence-electron chi connectivity index (χ1n) is 13.6. The molecular weight excluding hydrogens is 523 g/mol. The van der Waals surface area contributed by atoms with Crippen LogP contribution < -0.4 is 0 Å². The molecule has 1 aromatic heterocycles. The highest BCUT2D eigenvalue weighted by Gasteiger charge is 2.34. The Labute approximate surface area is 238 Å². The summed E-state index contributed by atoms with van der Waals surface area (Å²) in [6.07, 6.45) is -4.52. The van der Waals surface area contributed by atoms with Crippen molar-refractivity contribution in [1.82, 2.24) is 4.90 Å². The predicted molar refractivity (Wildman–Crippen MR) is 156 cm³/mol. The molecule has 0 radical (unpaired) electrons. The third-order valence-corrected chi connectivity index (χ3v) is 7.67. The van der Waals surface area contributed by atoms with E-state index in [0.29, 0.717) is 13.1 Å². The maximum atomic E-state index is 13.2. The van der Waals surface area contributed by atoms with E-state index in [-0.39, 0.29) is 24.0 Å². The van der Waals surface area contributed by atoms with E-state index in [1.54, 1.807) is 6.92 Å². The second kappa shape index (κ2) is 11.8. The number of Topliss-reactive ketones (excluding diaryl/α,β-unsaturated/α-hetero) is 1. The third-order valence-electron chi connectivity index (χ3n) is 7.67. The number of hydrogen-bond acceptors (Lipinski definition) is 3. The van der Waals surface area contributed by atoms with E-state index >= 15 is 0 Å². The molecule has 0 aliphatic heterocycles. The predicted octanol–water partition coefficient (Wildman–Crippen LogP) is 9.32. The molecule has 0 aliphatic carbocycles. The van der Waals surface area contributed by atoms with Crippen LogP contribution in [0.1, 0.15) is 53.5 Å². The molecule has 0 spiro atoms. The molecule has 1 heterocycles. The Bertz CT molecular complexity index is 1670. The topological polar surface area (TPSA) is 33.5 Å². The summed E-state index contributed by atoms with van der Waals surface area (Å²) >= 11 is 0. The summed E-state index contributed by atoms with van der Waals surface area (Å²) in [5, 5.41) is 2.25. The fourth-order valence-electron chi connectivity index (χ4n) is 5.16. The average Bonchev–Trinajstić information content (AvgIpc) is 3.44. The lowest BCUT2D eigenvalue weighted by atomic mass is 9.94. The van der Waals surface area contributed by atoms with Gasteiger partial charge < -0.3 is 4.42 Å². The van der Waals surface area contributed by atoms with Crippen molar-refractivity contribution in [3.05, 3.63) is 131 Å². The van der Waals surface area contributed by atoms with Gasteiger partial charge in [-0.3, -0.25) is 9.69 Å². The second-order valence-corrected chi connectivity index (χ2v) is 10.6. The van der Waals surface area contributed by atoms with Gasteiger partial charge in [0.15, 0.2) is 0 Å². The zero-order valence-electron chi connectivity index (χ0n) is 23.3. The number of benzene rings is 4. The standard InChI is InChI=1S/C35H32F3NO2/c1-23-11-14-28-7-4-5-10-32(28)33(23)22-39(21-31-17-18-34(41-31)35(36,37)38)20-26-12-15-27(16-13-26)30-9-6-8-29(19-30)24(2)25(3)40/h4-19,24H,20-22H2,1-3H3/t24-/m1/s1. The lowest BCUT2D eigenvalue weighted by Gasteiger charge is -2.24. The van der Waals surface area contributed by atoms with Gasteiger partial charge in [0.2, 0.25) is 5.76 Å². The van der Waals surface area contributed by atoms with Gasteiger partial charge in [-0.2, -0.15) is 13.2 Å². The summed E-state index contributed by atoms with van der Waals surface area (Å²) in [6.45, 7) is 6.86. The minimum absolute atomic E-state index is 0.123. The molecule has 0 unspecified atom stereocenters. The van der Waals surface area contributed by atoms with Crippen LogP contribution in [0.25, 0.3) is 21.9 Å². The number of hydrogen-bond donors (Lipinski definition) is 0. The summed E-state index contributed by atoms with van der Waals surface area (Å²) < 4.78 is 44.9. The van der Waals surface area contributed by atoms with Gasteiger partial charge in [-0.1, -0.05) is 91.9 Å². The number of fused-ring (bicyclic) bond motifs is 1. The first-order chi connectivity index (χ1) is 19.6. The minimum atomic E-state index is -4.52. The first-order valence-corrected chi connectivity index (χ1v) is 13.6. The molecule has 0 N–H and O–H groups in total. The van der Waals surface area contributed by atoms with Crippen molar-refractivity contribution in [2.75, 3.05) is 0 Å². The Morgan fingerprint density at radius 2 is 1.59 bits per heavy atom. The molecule has 6 heteroatoms. The normalized spacial score (nSPS) is 12.7. The van der Waals surface area contributed by atoms with Gasteiger partial charge in [-0.15, -0.1) is 0 Å². The molecule has 0 saturated heterocycles. The van der Waals surface area contributed by atoms with Gasteiger partial charge in [0, 0.05) is 19.0 Å². The monoisotopic (exact) mass is 555 g/mol. The van der Waals surface area contributed by atoms with Gasteiger partial charge in [0.1, 0.15) is 11.5 Å². The molecule has 210 valence electrons. The lowest BCUT2D eigenvalue weighted by molar-refractivity contribution is -0.153. The molecule has 41 heavy (non-hydrogen) atoms. The van der Waals surface area contributed by atoms with Crippen LogP contribution >= 0.6 is 0 Å². The molecule has 5 aromatic rings. The van der Waals surface area contributed by atoms with Crippen molar-refractivity contribution in [1.29, 1.82) is 0 Å². The largest absolute Gasteiger partial charge is 0.455 e. The van der Waals surface area contributed by atoms with E-state index in [4.69, 9.17) is 4.42 Å². The number of halogens is 3. The number of carbonyl (C=O) groups is 1. The molecule has 0 fully saturated rings. The van der Waals surface area contributed by atoms with Crippen molar-refractivity contribution in [2.45, 2.75) is 52.5 Å². The van der Waals surface area contributed by atoms with Crippen molar-refractivity contribution < 1.29 is 22.4 Å². The Morgan fingerprint density at radius 1 is 0.829 bits per heavy atom. The fourth-order valence-corrected chi connectivity index (χ4v) is 5.16. The summed E-state index contributed by atoms with van der Waals surface area (Å²) in [7, 11) is 0. The van der Waals surface area contributed by atoms with E-state index in [0.717, 1.165) is 50.2 Å². The highest BCUT2D eigenvalue weighted by Crippen LogP contribution is 2.32. The van der Waals surface area contributed by atoms with E-state index in [2.05, 4.69) is 36.1 Å². The summed E-state index contributed by atoms with van der Waals surface area (Å²) in [5.41, 5.74) is 6.33. The van der Waals surface area contributed by atoms with Crippen LogP contribution in [0, 0.1) is 6.92 Å². The van der Waals surface area contributed by atoms with Gasteiger partial charge in [0.25, 0.3) is 0 Å². The number of alkyl halides is 3. The first kappa shape index (κ1) is 28.4. The molecule has 0 saturated carbocycles. The molecule has 0 aliphatic rings. The molecule has 5 rings (SSSR count). The highest BCUT2D eigenvalue weighted by molar-refractivity contribution is 5.86. The number of rotatable bonds is 9. The van der Waals surface area contributed by atoms with E-state index < -0.39 is 11.9 Å². The van der Waals surface area contributed by atoms with Crippen LogP contribution in [-0.2, 0) is 30.6 Å². The van der Waals surface area contributed by atoms with Crippen LogP contribution in [-0.4, -0.2) is 10.7 Å². The molecule has 3 nitrogen and oxygen atoms in total. The number of furan rings is 1. The molecular formula is C35H32F3NO2. The fraction of sp³-hybridized carbons (Fsp3) is 0.229. The number of ketones is 1. The number of nitrogens with zero attached hydrogens (tertiary/aromatic N) is 1. The van der Waals surface area contributed by atoms with Gasteiger partial charge in [0.05, 0.1) is 6.54 Å². The smallest absolute Gasteiger partial charge is 0.449 e.